The third-order valence-electron chi connectivity index (χ3n) is 2.93. The van der Waals surface area contributed by atoms with Crippen molar-refractivity contribution in [1.29, 1.82) is 0 Å². The second-order valence-corrected chi connectivity index (χ2v) is 8.11. The van der Waals surface area contributed by atoms with Crippen molar-refractivity contribution in [2.45, 2.75) is 74.1 Å². The summed E-state index contributed by atoms with van der Waals surface area (Å²) < 4.78 is 5.56. The van der Waals surface area contributed by atoms with Crippen LogP contribution in [-0.4, -0.2) is 26.5 Å². The van der Waals surface area contributed by atoms with Crippen molar-refractivity contribution in [3.63, 3.8) is 0 Å². The van der Waals surface area contributed by atoms with Crippen LogP contribution < -0.4 is 25.9 Å². The summed E-state index contributed by atoms with van der Waals surface area (Å²) in [5.74, 6) is 1.12. The van der Waals surface area contributed by atoms with Gasteiger partial charge in [0, 0.05) is 12.3 Å². The SMILES string of the molecule is CC.CC.CC.CC(CCC=O)C(=O)I.C[I-]C.c1ccc2c(c1)CCCO2. The van der Waals surface area contributed by atoms with Crippen LogP contribution in [0.25, 0.3) is 0 Å². The van der Waals surface area contributed by atoms with Crippen molar-refractivity contribution in [3.05, 3.63) is 29.8 Å². The van der Waals surface area contributed by atoms with Crippen LogP contribution in [0.3, 0.4) is 0 Å². The van der Waals surface area contributed by atoms with Gasteiger partial charge in [0.15, 0.2) is 3.79 Å². The van der Waals surface area contributed by atoms with Gasteiger partial charge in [-0.3, -0.25) is 4.79 Å². The molecule has 2 rings (SSSR count). The first-order chi connectivity index (χ1) is 13.6. The first-order valence-electron chi connectivity index (χ1n) is 10.2. The summed E-state index contributed by atoms with van der Waals surface area (Å²) in [6.45, 7) is 14.7. The number of alkyl halides is 2. The predicted molar refractivity (Wildman–Crippen MR) is 130 cm³/mol. The van der Waals surface area contributed by atoms with Crippen LogP contribution in [0.1, 0.15) is 73.3 Å². The number of para-hydroxylation sites is 1. The molecular formula is C23H43I2O3-. The van der Waals surface area contributed by atoms with Gasteiger partial charge in [0.05, 0.1) is 6.61 Å². The van der Waals surface area contributed by atoms with Crippen LogP contribution in [0.2, 0.25) is 0 Å². The number of ether oxygens (including phenoxy) is 1. The van der Waals surface area contributed by atoms with E-state index in [9.17, 15) is 9.59 Å². The van der Waals surface area contributed by atoms with Crippen molar-refractivity contribution in [2.24, 2.45) is 5.92 Å². The van der Waals surface area contributed by atoms with Gasteiger partial charge in [0.1, 0.15) is 12.0 Å². The number of aldehydes is 1. The fourth-order valence-corrected chi connectivity index (χ4v) is 2.04. The Morgan fingerprint density at radius 1 is 1.14 bits per heavy atom. The molecule has 0 bridgehead atoms. The summed E-state index contributed by atoms with van der Waals surface area (Å²) in [5.41, 5.74) is 1.36. The number of hydrogen-bond donors (Lipinski definition) is 0. The van der Waals surface area contributed by atoms with Crippen LogP contribution >= 0.6 is 22.6 Å². The Balaban J connectivity index is -0.000000147. The van der Waals surface area contributed by atoms with Gasteiger partial charge in [-0.25, -0.2) is 0 Å². The van der Waals surface area contributed by atoms with Gasteiger partial charge in [-0.15, -0.1) is 0 Å². The Hall–Kier alpha value is -0.180. The van der Waals surface area contributed by atoms with Crippen molar-refractivity contribution in [2.75, 3.05) is 16.5 Å². The van der Waals surface area contributed by atoms with Crippen LogP contribution in [0.4, 0.5) is 0 Å². The molecule has 3 nitrogen and oxygen atoms in total. The zero-order valence-electron chi connectivity index (χ0n) is 19.5. The van der Waals surface area contributed by atoms with E-state index in [1.807, 2.05) is 60.6 Å². The molecule has 0 aromatic heterocycles. The first-order valence-corrected chi connectivity index (χ1v) is 15.6. The minimum Gasteiger partial charge on any atom is -0.493 e. The summed E-state index contributed by atoms with van der Waals surface area (Å²) in [6.07, 6.45) is 4.37. The molecular weight excluding hydrogens is 578 g/mol. The number of benzene rings is 1. The number of aryl methyl sites for hydroxylation is 1. The Kier molecular flexibility index (Phi) is 39.7. The fraction of sp³-hybridized carbons (Fsp3) is 0.652. The second-order valence-electron chi connectivity index (χ2n) is 4.89. The zero-order chi connectivity index (χ0) is 22.8. The van der Waals surface area contributed by atoms with Gasteiger partial charge < -0.3 is 9.53 Å². The molecule has 0 saturated carbocycles. The van der Waals surface area contributed by atoms with E-state index in [-0.39, 0.29) is 9.71 Å². The van der Waals surface area contributed by atoms with Gasteiger partial charge in [-0.05, 0) is 53.5 Å². The normalized spacial score (nSPS) is 11.1. The van der Waals surface area contributed by atoms with Gasteiger partial charge in [-0.2, -0.15) is 0 Å². The number of rotatable bonds is 4. The molecule has 1 aromatic carbocycles. The van der Waals surface area contributed by atoms with E-state index in [4.69, 9.17) is 4.74 Å². The molecule has 28 heavy (non-hydrogen) atoms. The summed E-state index contributed by atoms with van der Waals surface area (Å²) >= 11 is 2.34. The quantitative estimate of drug-likeness (QED) is 0.221. The summed E-state index contributed by atoms with van der Waals surface area (Å²) in [4.78, 5) is 24.8. The summed E-state index contributed by atoms with van der Waals surface area (Å²) in [5, 5.41) is 0. The Morgan fingerprint density at radius 2 is 1.64 bits per heavy atom. The average molecular weight is 621 g/mol. The molecule has 0 radical (unpaired) electrons. The molecule has 168 valence electrons. The van der Waals surface area contributed by atoms with E-state index in [0.717, 1.165) is 25.1 Å². The van der Waals surface area contributed by atoms with Crippen LogP contribution in [-0.2, 0) is 16.0 Å². The number of fused-ring (bicyclic) bond motifs is 1. The molecule has 0 amide bonds. The van der Waals surface area contributed by atoms with E-state index in [2.05, 4.69) is 22.0 Å². The smallest absolute Gasteiger partial charge is 0.122 e. The molecule has 1 unspecified atom stereocenters. The van der Waals surface area contributed by atoms with E-state index < -0.39 is 0 Å². The van der Waals surface area contributed by atoms with Crippen molar-refractivity contribution in [3.8, 4) is 5.75 Å². The predicted octanol–water partition coefficient (Wildman–Crippen LogP) is 3.99. The first kappa shape index (κ1) is 35.3. The molecule has 1 atom stereocenters. The van der Waals surface area contributed by atoms with Crippen molar-refractivity contribution >= 4 is 32.7 Å². The van der Waals surface area contributed by atoms with Gasteiger partial charge in [-0.1, -0.05) is 66.7 Å². The molecule has 1 aliphatic rings. The fourth-order valence-electron chi connectivity index (χ4n) is 1.73. The largest absolute Gasteiger partial charge is 0.493 e. The number of halogens is 2. The second kappa shape index (κ2) is 31.5. The van der Waals surface area contributed by atoms with Gasteiger partial charge in [0.25, 0.3) is 0 Å². The minimum atomic E-state index is 0.0378. The number of carbonyl (C=O) groups excluding carboxylic acids is 2. The standard InChI is InChI=1S/C9H10O.C6H9IO2.C2H6I.3C2H6/c1-2-6-9-8(4-1)5-3-7-10-9;1-5(6(7)9)3-2-4-8;1-3-2;3*1-2/h1-2,4,6H,3,5,7H2;4-5H,2-3H2,1H3;1-2H3;3*1-2H3/q;;-1;;;. The summed E-state index contributed by atoms with van der Waals surface area (Å²) in [6, 6.07) is 8.25. The summed E-state index contributed by atoms with van der Waals surface area (Å²) in [7, 11) is 0. The topological polar surface area (TPSA) is 43.4 Å². The van der Waals surface area contributed by atoms with Crippen molar-refractivity contribution < 1.29 is 35.5 Å². The number of carbonyl (C=O) groups is 2. The average Bonchev–Trinajstić information content (AvgIpc) is 2.77. The third-order valence-corrected chi connectivity index (χ3v) is 3.99. The molecule has 1 aliphatic heterocycles. The molecule has 0 aliphatic carbocycles. The molecule has 1 heterocycles. The van der Waals surface area contributed by atoms with Gasteiger partial charge in [0.2, 0.25) is 0 Å². The van der Waals surface area contributed by atoms with E-state index in [1.54, 1.807) is 22.6 Å². The zero-order valence-corrected chi connectivity index (χ0v) is 23.8. The Bertz CT molecular complexity index is 413. The molecule has 1 aromatic rings. The van der Waals surface area contributed by atoms with E-state index >= 15 is 0 Å². The minimum absolute atomic E-state index is 0.0378. The molecule has 0 fully saturated rings. The van der Waals surface area contributed by atoms with Gasteiger partial charge >= 0.3 is 31.1 Å². The van der Waals surface area contributed by atoms with E-state index in [0.29, 0.717) is 34.0 Å². The maximum atomic E-state index is 10.5. The molecule has 5 heteroatoms. The molecule has 0 spiro atoms. The maximum Gasteiger partial charge on any atom is 0.122 e. The monoisotopic (exact) mass is 621 g/mol. The third kappa shape index (κ3) is 23.9. The van der Waals surface area contributed by atoms with Crippen LogP contribution in [0.15, 0.2) is 24.3 Å². The van der Waals surface area contributed by atoms with E-state index in [1.165, 1.54) is 12.0 Å². The molecule has 0 saturated heterocycles. The van der Waals surface area contributed by atoms with Crippen LogP contribution in [0.5, 0.6) is 5.75 Å². The Labute approximate surface area is 199 Å². The van der Waals surface area contributed by atoms with Crippen LogP contribution in [0, 0.1) is 5.92 Å². The van der Waals surface area contributed by atoms with Crippen molar-refractivity contribution in [1.82, 2.24) is 0 Å². The molecule has 0 N–H and O–H groups in total. The number of hydrogen-bond acceptors (Lipinski definition) is 3. The maximum absolute atomic E-state index is 10.5. The Morgan fingerprint density at radius 3 is 2.07 bits per heavy atom.